The summed E-state index contributed by atoms with van der Waals surface area (Å²) >= 11 is 5.85. The highest BCUT2D eigenvalue weighted by Gasteiger charge is 2.56. The molecule has 4 bridgehead atoms. The first-order chi connectivity index (χ1) is 12.5. The number of hydrogen-bond acceptors (Lipinski definition) is 4. The number of benzene rings is 1. The molecule has 1 unspecified atom stereocenters. The van der Waals surface area contributed by atoms with Gasteiger partial charge in [-0.3, -0.25) is 4.79 Å². The molecule has 5 nitrogen and oxygen atoms in total. The third-order valence-corrected chi connectivity index (χ3v) is 9.55. The van der Waals surface area contributed by atoms with Crippen LogP contribution in [0.15, 0.2) is 29.2 Å². The van der Waals surface area contributed by atoms with E-state index < -0.39 is 26.1 Å². The quantitative estimate of drug-likeness (QED) is 0.797. The number of nitrogens with one attached hydrogen (secondary N) is 1. The van der Waals surface area contributed by atoms with Crippen LogP contribution in [0.5, 0.6) is 0 Å². The number of halogens is 1. The Morgan fingerprint density at radius 1 is 1.15 bits per heavy atom. The standard InChI is InChI=1S/C20H26ClNO4S/c1-19(2,27(25,26)16-5-3-15(21)4-6-16)18(23)22-17-13-7-12-8-14(17)11-20(24,9-12)10-13/h3-6,12-14,17,24H,7-11H2,1-2H3,(H,22,23)/t12?,13-,14+,17+,20+. The molecular formula is C20H26ClNO4S. The summed E-state index contributed by atoms with van der Waals surface area (Å²) < 4.78 is 24.5. The summed E-state index contributed by atoms with van der Waals surface area (Å²) in [4.78, 5) is 13.1. The van der Waals surface area contributed by atoms with E-state index in [9.17, 15) is 18.3 Å². The first-order valence-corrected chi connectivity index (χ1v) is 11.4. The molecule has 4 saturated carbocycles. The van der Waals surface area contributed by atoms with E-state index in [-0.39, 0.29) is 22.8 Å². The van der Waals surface area contributed by atoms with Crippen molar-refractivity contribution in [3.05, 3.63) is 29.3 Å². The molecule has 0 spiro atoms. The van der Waals surface area contributed by atoms with E-state index in [1.165, 1.54) is 38.1 Å². The van der Waals surface area contributed by atoms with Crippen LogP contribution in [-0.2, 0) is 14.6 Å². The molecule has 4 aliphatic carbocycles. The van der Waals surface area contributed by atoms with Crippen molar-refractivity contribution in [2.24, 2.45) is 17.8 Å². The first kappa shape index (κ1) is 19.2. The molecule has 1 aromatic carbocycles. The number of carbonyl (C=O) groups excluding carboxylic acids is 1. The van der Waals surface area contributed by atoms with Gasteiger partial charge in [-0.25, -0.2) is 8.42 Å². The highest BCUT2D eigenvalue weighted by molar-refractivity contribution is 7.93. The largest absolute Gasteiger partial charge is 0.390 e. The lowest BCUT2D eigenvalue weighted by molar-refractivity contribution is -0.147. The van der Waals surface area contributed by atoms with Crippen LogP contribution in [-0.4, -0.2) is 35.8 Å². The van der Waals surface area contributed by atoms with Gasteiger partial charge in [-0.15, -0.1) is 0 Å². The third kappa shape index (κ3) is 3.10. The Balaban J connectivity index is 1.55. The molecule has 4 fully saturated rings. The van der Waals surface area contributed by atoms with Crippen molar-refractivity contribution in [2.75, 3.05) is 0 Å². The average molecular weight is 412 g/mol. The van der Waals surface area contributed by atoms with Crippen molar-refractivity contribution in [1.82, 2.24) is 5.32 Å². The van der Waals surface area contributed by atoms with Gasteiger partial charge in [0.15, 0.2) is 9.84 Å². The summed E-state index contributed by atoms with van der Waals surface area (Å²) in [7, 11) is -3.86. The van der Waals surface area contributed by atoms with E-state index in [0.717, 1.165) is 19.3 Å². The van der Waals surface area contributed by atoms with Gasteiger partial charge in [0, 0.05) is 11.1 Å². The predicted octanol–water partition coefficient (Wildman–Crippen LogP) is 2.95. The minimum atomic E-state index is -3.86. The molecule has 0 aliphatic heterocycles. The van der Waals surface area contributed by atoms with Gasteiger partial charge in [0.1, 0.15) is 4.75 Å². The molecule has 5 rings (SSSR count). The lowest BCUT2D eigenvalue weighted by Gasteiger charge is -2.58. The lowest BCUT2D eigenvalue weighted by Crippen LogP contribution is -2.63. The fourth-order valence-corrected chi connectivity index (χ4v) is 7.09. The third-order valence-electron chi connectivity index (χ3n) is 6.88. The maximum absolute atomic E-state index is 13.1. The molecule has 4 aliphatic rings. The zero-order valence-corrected chi connectivity index (χ0v) is 17.2. The van der Waals surface area contributed by atoms with Gasteiger partial charge in [0.2, 0.25) is 5.91 Å². The Kier molecular flexibility index (Phi) is 4.41. The molecule has 0 saturated heterocycles. The molecule has 1 amide bonds. The van der Waals surface area contributed by atoms with Crippen molar-refractivity contribution < 1.29 is 18.3 Å². The van der Waals surface area contributed by atoms with Crippen LogP contribution in [0.1, 0.15) is 46.0 Å². The minimum absolute atomic E-state index is 0.0472. The SMILES string of the molecule is CC(C)(C(=O)N[C@H]1[C@@H]2CC3C[C@H]1C[C@](O)(C3)C2)S(=O)(=O)c1ccc(Cl)cc1. The number of hydrogen-bond donors (Lipinski definition) is 2. The summed E-state index contributed by atoms with van der Waals surface area (Å²) in [5.74, 6) is 0.534. The Bertz CT molecular complexity index is 848. The van der Waals surface area contributed by atoms with Crippen LogP contribution in [0.3, 0.4) is 0 Å². The molecular weight excluding hydrogens is 386 g/mol. The first-order valence-electron chi connectivity index (χ1n) is 9.55. The van der Waals surface area contributed by atoms with Crippen LogP contribution >= 0.6 is 11.6 Å². The Morgan fingerprint density at radius 2 is 1.70 bits per heavy atom. The summed E-state index contributed by atoms with van der Waals surface area (Å²) in [6, 6.07) is 5.85. The van der Waals surface area contributed by atoms with Gasteiger partial charge >= 0.3 is 0 Å². The van der Waals surface area contributed by atoms with E-state index in [1.807, 2.05) is 0 Å². The second-order valence-electron chi connectivity index (χ2n) is 9.16. The fraction of sp³-hybridized carbons (Fsp3) is 0.650. The second kappa shape index (κ2) is 6.19. The van der Waals surface area contributed by atoms with Crippen LogP contribution in [0.4, 0.5) is 0 Å². The van der Waals surface area contributed by atoms with Crippen LogP contribution in [0.25, 0.3) is 0 Å². The fourth-order valence-electron chi connectivity index (χ4n) is 5.57. The minimum Gasteiger partial charge on any atom is -0.390 e. The van der Waals surface area contributed by atoms with Crippen molar-refractivity contribution in [1.29, 1.82) is 0 Å². The highest BCUT2D eigenvalue weighted by Crippen LogP contribution is 2.55. The van der Waals surface area contributed by atoms with Crippen molar-refractivity contribution >= 4 is 27.3 Å². The molecule has 1 aromatic rings. The van der Waals surface area contributed by atoms with E-state index in [1.54, 1.807) is 0 Å². The Morgan fingerprint density at radius 3 is 2.22 bits per heavy atom. The predicted molar refractivity (Wildman–Crippen MR) is 103 cm³/mol. The second-order valence-corrected chi connectivity index (χ2v) is 12.1. The summed E-state index contributed by atoms with van der Waals surface area (Å²) in [5.41, 5.74) is -0.581. The highest BCUT2D eigenvalue weighted by atomic mass is 35.5. The maximum Gasteiger partial charge on any atom is 0.241 e. The average Bonchev–Trinajstić information content (AvgIpc) is 2.56. The van der Waals surface area contributed by atoms with E-state index >= 15 is 0 Å². The van der Waals surface area contributed by atoms with Gasteiger partial charge in [0.25, 0.3) is 0 Å². The van der Waals surface area contributed by atoms with Crippen molar-refractivity contribution in [3.8, 4) is 0 Å². The molecule has 0 radical (unpaired) electrons. The number of sulfone groups is 1. The smallest absolute Gasteiger partial charge is 0.241 e. The number of rotatable bonds is 4. The van der Waals surface area contributed by atoms with Crippen LogP contribution in [0, 0.1) is 17.8 Å². The number of aliphatic hydroxyl groups is 1. The zero-order valence-electron chi connectivity index (χ0n) is 15.6. The van der Waals surface area contributed by atoms with Gasteiger partial charge in [0.05, 0.1) is 10.5 Å². The monoisotopic (exact) mass is 411 g/mol. The van der Waals surface area contributed by atoms with Crippen LogP contribution in [0.2, 0.25) is 5.02 Å². The van der Waals surface area contributed by atoms with E-state index in [4.69, 9.17) is 11.6 Å². The topological polar surface area (TPSA) is 83.5 Å². The van der Waals surface area contributed by atoms with Gasteiger partial charge in [-0.2, -0.15) is 0 Å². The summed E-state index contributed by atoms with van der Waals surface area (Å²) in [5, 5.41) is 14.2. The zero-order chi connectivity index (χ0) is 19.6. The Hall–Kier alpha value is -1.11. The van der Waals surface area contributed by atoms with Gasteiger partial charge in [-0.1, -0.05) is 11.6 Å². The molecule has 27 heavy (non-hydrogen) atoms. The Labute approximate surface area is 165 Å². The van der Waals surface area contributed by atoms with Gasteiger partial charge in [-0.05, 0) is 88.0 Å². The van der Waals surface area contributed by atoms with E-state index in [2.05, 4.69) is 5.32 Å². The maximum atomic E-state index is 13.1. The van der Waals surface area contributed by atoms with Crippen molar-refractivity contribution in [2.45, 2.75) is 67.2 Å². The molecule has 7 heteroatoms. The van der Waals surface area contributed by atoms with Crippen LogP contribution < -0.4 is 5.32 Å². The van der Waals surface area contributed by atoms with E-state index in [0.29, 0.717) is 23.8 Å². The summed E-state index contributed by atoms with van der Waals surface area (Å²) in [6.45, 7) is 2.91. The number of amides is 1. The molecule has 148 valence electrons. The lowest BCUT2D eigenvalue weighted by atomic mass is 9.52. The molecule has 2 N–H and O–H groups in total. The molecule has 0 heterocycles. The number of carbonyl (C=O) groups is 1. The normalized spacial score (nSPS) is 35.3. The molecule has 5 atom stereocenters. The van der Waals surface area contributed by atoms with Gasteiger partial charge < -0.3 is 10.4 Å². The van der Waals surface area contributed by atoms with Crippen molar-refractivity contribution in [3.63, 3.8) is 0 Å². The summed E-state index contributed by atoms with van der Waals surface area (Å²) in [6.07, 6.45) is 4.30. The molecule has 0 aromatic heterocycles.